The van der Waals surface area contributed by atoms with Gasteiger partial charge in [0.25, 0.3) is 5.91 Å². The van der Waals surface area contributed by atoms with Gasteiger partial charge in [-0.25, -0.2) is 0 Å². The zero-order chi connectivity index (χ0) is 18.2. The minimum absolute atomic E-state index is 0.187. The minimum Gasteiger partial charge on any atom is -0.493 e. The van der Waals surface area contributed by atoms with Gasteiger partial charge in [0, 0.05) is 19.2 Å². The Morgan fingerprint density at radius 2 is 1.76 bits per heavy atom. The summed E-state index contributed by atoms with van der Waals surface area (Å²) in [4.78, 5) is 14.6. The van der Waals surface area contributed by atoms with E-state index in [1.54, 1.807) is 36.5 Å². The smallest absolute Gasteiger partial charge is 0.254 e. The summed E-state index contributed by atoms with van der Waals surface area (Å²) in [5.74, 6) is 1.80. The van der Waals surface area contributed by atoms with Crippen LogP contribution >= 0.6 is 0 Å². The summed E-state index contributed by atoms with van der Waals surface area (Å²) >= 11 is 0. The van der Waals surface area contributed by atoms with Crippen molar-refractivity contribution in [2.24, 2.45) is 0 Å². The number of carbonyl (C=O) groups is 1. The van der Waals surface area contributed by atoms with Gasteiger partial charge >= 0.3 is 0 Å². The summed E-state index contributed by atoms with van der Waals surface area (Å²) in [6.07, 6.45) is 1.58. The Morgan fingerprint density at radius 1 is 1.08 bits per heavy atom. The number of ether oxygens (including phenoxy) is 4. The van der Waals surface area contributed by atoms with Crippen LogP contribution in [0, 0.1) is 0 Å². The quantitative estimate of drug-likeness (QED) is 0.693. The molecule has 7 nitrogen and oxygen atoms in total. The van der Waals surface area contributed by atoms with Crippen LogP contribution < -0.4 is 14.2 Å². The summed E-state index contributed by atoms with van der Waals surface area (Å²) < 4.78 is 26.4. The van der Waals surface area contributed by atoms with E-state index in [-0.39, 0.29) is 5.91 Å². The van der Waals surface area contributed by atoms with E-state index in [4.69, 9.17) is 23.4 Å². The summed E-state index contributed by atoms with van der Waals surface area (Å²) in [5.41, 5.74) is 0.428. The van der Waals surface area contributed by atoms with Crippen molar-refractivity contribution in [2.75, 3.05) is 41.6 Å². The van der Waals surface area contributed by atoms with Crippen molar-refractivity contribution in [2.45, 2.75) is 6.54 Å². The lowest BCUT2D eigenvalue weighted by Gasteiger charge is -2.22. The highest BCUT2D eigenvalue weighted by atomic mass is 16.5. The lowest BCUT2D eigenvalue weighted by atomic mass is 10.1. The zero-order valence-electron chi connectivity index (χ0n) is 14.9. The molecule has 2 aromatic rings. The molecule has 1 amide bonds. The van der Waals surface area contributed by atoms with E-state index in [1.807, 2.05) is 6.07 Å². The number of hydrogen-bond acceptors (Lipinski definition) is 6. The Hall–Kier alpha value is -2.67. The van der Waals surface area contributed by atoms with E-state index in [0.717, 1.165) is 0 Å². The van der Waals surface area contributed by atoms with Crippen molar-refractivity contribution >= 4 is 5.91 Å². The highest BCUT2D eigenvalue weighted by molar-refractivity contribution is 5.95. The molecule has 136 valence electrons. The Morgan fingerprint density at radius 3 is 2.24 bits per heavy atom. The topological polar surface area (TPSA) is 70.4 Å². The molecule has 0 spiro atoms. The van der Waals surface area contributed by atoms with Crippen LogP contribution in [0.4, 0.5) is 0 Å². The fraction of sp³-hybridized carbons (Fsp3) is 0.389. The van der Waals surface area contributed by atoms with E-state index >= 15 is 0 Å². The lowest BCUT2D eigenvalue weighted by Crippen LogP contribution is -2.33. The van der Waals surface area contributed by atoms with Crippen LogP contribution in [0.2, 0.25) is 0 Å². The summed E-state index contributed by atoms with van der Waals surface area (Å²) in [7, 11) is 6.13. The molecule has 0 aliphatic carbocycles. The molecule has 0 fully saturated rings. The highest BCUT2D eigenvalue weighted by Crippen LogP contribution is 2.38. The molecule has 0 aliphatic rings. The number of hydrogen-bond donors (Lipinski definition) is 0. The molecule has 0 radical (unpaired) electrons. The second-order valence-corrected chi connectivity index (χ2v) is 5.21. The number of amides is 1. The Labute approximate surface area is 147 Å². The number of furan rings is 1. The van der Waals surface area contributed by atoms with E-state index in [2.05, 4.69) is 0 Å². The van der Waals surface area contributed by atoms with E-state index in [9.17, 15) is 4.79 Å². The molecule has 2 rings (SSSR count). The molecule has 0 saturated heterocycles. The minimum atomic E-state index is -0.187. The maximum absolute atomic E-state index is 13.0. The predicted octanol–water partition coefficient (Wildman–Crippen LogP) is 2.59. The van der Waals surface area contributed by atoms with E-state index in [1.165, 1.54) is 21.3 Å². The number of rotatable bonds is 9. The molecule has 0 saturated carbocycles. The standard InChI is InChI=1S/C18H23NO6/c1-21-9-7-19(12-14-6-5-8-25-14)18(20)13-10-15(22-2)17(24-4)16(11-13)23-3/h5-6,8,10-11H,7,9,12H2,1-4H3. The van der Waals surface area contributed by atoms with Crippen molar-refractivity contribution in [1.82, 2.24) is 4.90 Å². The van der Waals surface area contributed by atoms with Crippen molar-refractivity contribution in [3.63, 3.8) is 0 Å². The molecule has 7 heteroatoms. The monoisotopic (exact) mass is 349 g/mol. The van der Waals surface area contributed by atoms with E-state index < -0.39 is 0 Å². The van der Waals surface area contributed by atoms with Crippen LogP contribution in [0.3, 0.4) is 0 Å². The molecular weight excluding hydrogens is 326 g/mol. The fourth-order valence-electron chi connectivity index (χ4n) is 2.43. The largest absolute Gasteiger partial charge is 0.493 e. The SMILES string of the molecule is COCCN(Cc1ccco1)C(=O)c1cc(OC)c(OC)c(OC)c1. The first-order chi connectivity index (χ1) is 12.1. The van der Waals surface area contributed by atoms with Crippen LogP contribution in [0.15, 0.2) is 34.9 Å². The summed E-state index contributed by atoms with van der Waals surface area (Å²) in [5, 5.41) is 0. The summed E-state index contributed by atoms with van der Waals surface area (Å²) in [6, 6.07) is 6.87. The van der Waals surface area contributed by atoms with Gasteiger partial charge in [-0.2, -0.15) is 0 Å². The number of methoxy groups -OCH3 is 4. The molecule has 0 aliphatic heterocycles. The van der Waals surface area contributed by atoms with Gasteiger partial charge < -0.3 is 28.3 Å². The van der Waals surface area contributed by atoms with Gasteiger partial charge in [0.1, 0.15) is 5.76 Å². The van der Waals surface area contributed by atoms with Gasteiger partial charge in [0.15, 0.2) is 11.5 Å². The van der Waals surface area contributed by atoms with Gasteiger partial charge in [-0.15, -0.1) is 0 Å². The molecule has 0 N–H and O–H groups in total. The lowest BCUT2D eigenvalue weighted by molar-refractivity contribution is 0.0665. The van der Waals surface area contributed by atoms with Crippen LogP contribution in [0.25, 0.3) is 0 Å². The summed E-state index contributed by atoms with van der Waals surface area (Å²) in [6.45, 7) is 1.18. The Kier molecular flexibility index (Phi) is 6.71. The first-order valence-corrected chi connectivity index (χ1v) is 7.75. The molecule has 0 bridgehead atoms. The van der Waals surface area contributed by atoms with Crippen molar-refractivity contribution in [1.29, 1.82) is 0 Å². The maximum atomic E-state index is 13.0. The molecule has 0 atom stereocenters. The Balaban J connectivity index is 2.33. The van der Waals surface area contributed by atoms with Crippen molar-refractivity contribution in [3.05, 3.63) is 41.9 Å². The zero-order valence-corrected chi connectivity index (χ0v) is 14.9. The van der Waals surface area contributed by atoms with Crippen LogP contribution in [0.1, 0.15) is 16.1 Å². The third-order valence-electron chi connectivity index (χ3n) is 3.69. The van der Waals surface area contributed by atoms with Gasteiger partial charge in [0.2, 0.25) is 5.75 Å². The van der Waals surface area contributed by atoms with Gasteiger partial charge in [-0.3, -0.25) is 4.79 Å². The van der Waals surface area contributed by atoms with Gasteiger partial charge in [-0.05, 0) is 24.3 Å². The normalized spacial score (nSPS) is 10.4. The van der Waals surface area contributed by atoms with Crippen LogP contribution in [-0.2, 0) is 11.3 Å². The van der Waals surface area contributed by atoms with Crippen LogP contribution in [0.5, 0.6) is 17.2 Å². The second-order valence-electron chi connectivity index (χ2n) is 5.21. The molecule has 1 aromatic carbocycles. The highest BCUT2D eigenvalue weighted by Gasteiger charge is 2.22. The molecule has 25 heavy (non-hydrogen) atoms. The van der Waals surface area contributed by atoms with Gasteiger partial charge in [-0.1, -0.05) is 0 Å². The van der Waals surface area contributed by atoms with E-state index in [0.29, 0.717) is 48.3 Å². The predicted molar refractivity (Wildman–Crippen MR) is 91.4 cm³/mol. The number of nitrogens with zero attached hydrogens (tertiary/aromatic N) is 1. The third kappa shape index (κ3) is 4.45. The average molecular weight is 349 g/mol. The Bertz CT molecular complexity index is 658. The molecule has 1 aromatic heterocycles. The fourth-order valence-corrected chi connectivity index (χ4v) is 2.43. The number of carbonyl (C=O) groups excluding carboxylic acids is 1. The van der Waals surface area contributed by atoms with Gasteiger partial charge in [0.05, 0.1) is 40.7 Å². The number of benzene rings is 1. The average Bonchev–Trinajstić information content (AvgIpc) is 3.16. The van der Waals surface area contributed by atoms with Crippen molar-refractivity contribution in [3.8, 4) is 17.2 Å². The molecule has 1 heterocycles. The second kappa shape index (κ2) is 8.98. The first kappa shape index (κ1) is 18.7. The van der Waals surface area contributed by atoms with Crippen LogP contribution in [-0.4, -0.2) is 52.4 Å². The molecule has 0 unspecified atom stereocenters. The first-order valence-electron chi connectivity index (χ1n) is 7.75. The molecular formula is C18H23NO6. The van der Waals surface area contributed by atoms with Crippen molar-refractivity contribution < 1.29 is 28.2 Å². The third-order valence-corrected chi connectivity index (χ3v) is 3.69. The maximum Gasteiger partial charge on any atom is 0.254 e.